The van der Waals surface area contributed by atoms with Crippen LogP contribution in [0.5, 0.6) is 0 Å². The van der Waals surface area contributed by atoms with Crippen molar-refractivity contribution in [3.8, 4) is 0 Å². The Bertz CT molecular complexity index is 907. The van der Waals surface area contributed by atoms with E-state index in [9.17, 15) is 13.2 Å². The molecule has 0 saturated heterocycles. The van der Waals surface area contributed by atoms with Gasteiger partial charge in [0.25, 0.3) is 0 Å². The van der Waals surface area contributed by atoms with Crippen LogP contribution in [0.4, 0.5) is 5.69 Å². The number of carbonyl (C=O) groups is 1. The van der Waals surface area contributed by atoms with Crippen molar-refractivity contribution in [1.29, 1.82) is 0 Å². The van der Waals surface area contributed by atoms with E-state index >= 15 is 0 Å². The molecule has 0 spiro atoms. The smallest absolute Gasteiger partial charge is 0.243 e. The fraction of sp³-hybridized carbons (Fsp3) is 0.350. The number of hydrogen-bond acceptors (Lipinski definition) is 4. The molecule has 2 rings (SSSR count). The number of aryl methyl sites for hydroxylation is 2. The summed E-state index contributed by atoms with van der Waals surface area (Å²) in [6, 6.07) is 12.2. The molecule has 5 nitrogen and oxygen atoms in total. The molecule has 2 aromatic carbocycles. The van der Waals surface area contributed by atoms with Crippen molar-refractivity contribution in [3.05, 3.63) is 53.6 Å². The van der Waals surface area contributed by atoms with Crippen LogP contribution in [0, 0.1) is 13.8 Å². The first-order valence-electron chi connectivity index (χ1n) is 8.69. The minimum Gasteiger partial charge on any atom is -0.325 e. The maximum Gasteiger partial charge on any atom is 0.243 e. The minimum absolute atomic E-state index is 0.128. The molecule has 0 saturated carbocycles. The highest BCUT2D eigenvalue weighted by atomic mass is 32.2. The van der Waals surface area contributed by atoms with Gasteiger partial charge in [-0.2, -0.15) is 4.31 Å². The van der Waals surface area contributed by atoms with Crippen molar-refractivity contribution >= 4 is 33.4 Å². The molecular formula is C20H26N2O3S2. The Morgan fingerprint density at radius 2 is 1.70 bits per heavy atom. The SMILES string of the molecule is Cc1ccc(SCC(=O)Nc2ccc(S(=O)(=O)N(C)C(C)C)cc2)cc1C. The second-order valence-electron chi connectivity index (χ2n) is 6.72. The first-order chi connectivity index (χ1) is 12.6. The third kappa shape index (κ3) is 5.57. The van der Waals surface area contributed by atoms with Crippen LogP contribution < -0.4 is 5.32 Å². The second kappa shape index (κ2) is 8.91. The molecule has 0 bridgehead atoms. The lowest BCUT2D eigenvalue weighted by Crippen LogP contribution is -2.33. The van der Waals surface area contributed by atoms with E-state index in [1.165, 1.54) is 39.3 Å². The predicted molar refractivity (Wildman–Crippen MR) is 112 cm³/mol. The van der Waals surface area contributed by atoms with Crippen LogP contribution in [0.15, 0.2) is 52.3 Å². The summed E-state index contributed by atoms with van der Waals surface area (Å²) in [6.45, 7) is 7.74. The molecule has 146 valence electrons. The number of thioether (sulfide) groups is 1. The zero-order valence-electron chi connectivity index (χ0n) is 16.3. The highest BCUT2D eigenvalue weighted by Crippen LogP contribution is 2.22. The van der Waals surface area contributed by atoms with Crippen LogP contribution in [-0.4, -0.2) is 37.5 Å². The van der Waals surface area contributed by atoms with E-state index in [4.69, 9.17) is 0 Å². The summed E-state index contributed by atoms with van der Waals surface area (Å²) in [6.07, 6.45) is 0. The van der Waals surface area contributed by atoms with Gasteiger partial charge in [-0.05, 0) is 75.2 Å². The molecule has 0 aliphatic carbocycles. The van der Waals surface area contributed by atoms with Gasteiger partial charge in [0.05, 0.1) is 10.6 Å². The lowest BCUT2D eigenvalue weighted by atomic mass is 10.1. The van der Waals surface area contributed by atoms with Crippen molar-refractivity contribution < 1.29 is 13.2 Å². The van der Waals surface area contributed by atoms with Gasteiger partial charge in [-0.15, -0.1) is 11.8 Å². The number of rotatable bonds is 7. The average Bonchev–Trinajstić information content (AvgIpc) is 2.62. The molecule has 2 aromatic rings. The van der Waals surface area contributed by atoms with Crippen LogP contribution >= 0.6 is 11.8 Å². The van der Waals surface area contributed by atoms with Crippen LogP contribution in [-0.2, 0) is 14.8 Å². The maximum atomic E-state index is 12.5. The van der Waals surface area contributed by atoms with E-state index in [1.807, 2.05) is 32.9 Å². The molecule has 0 heterocycles. The molecule has 0 fully saturated rings. The lowest BCUT2D eigenvalue weighted by molar-refractivity contribution is -0.113. The van der Waals surface area contributed by atoms with Crippen LogP contribution in [0.25, 0.3) is 0 Å². The molecule has 0 atom stereocenters. The summed E-state index contributed by atoms with van der Waals surface area (Å²) in [5.41, 5.74) is 3.00. The molecule has 1 N–H and O–H groups in total. The third-order valence-corrected chi connectivity index (χ3v) is 7.43. The highest BCUT2D eigenvalue weighted by molar-refractivity contribution is 8.00. The molecule has 0 unspecified atom stereocenters. The first kappa shape index (κ1) is 21.5. The van der Waals surface area contributed by atoms with Crippen molar-refractivity contribution in [3.63, 3.8) is 0 Å². The topological polar surface area (TPSA) is 66.5 Å². The summed E-state index contributed by atoms with van der Waals surface area (Å²) in [7, 11) is -1.97. The van der Waals surface area contributed by atoms with Crippen molar-refractivity contribution in [2.24, 2.45) is 0 Å². The van der Waals surface area contributed by atoms with Gasteiger partial charge in [0, 0.05) is 23.7 Å². The Morgan fingerprint density at radius 1 is 1.07 bits per heavy atom. The van der Waals surface area contributed by atoms with Crippen molar-refractivity contribution in [2.45, 2.75) is 43.5 Å². The number of nitrogens with zero attached hydrogens (tertiary/aromatic N) is 1. The van der Waals surface area contributed by atoms with E-state index in [0.29, 0.717) is 11.4 Å². The van der Waals surface area contributed by atoms with E-state index in [1.54, 1.807) is 19.2 Å². The Kier molecular flexibility index (Phi) is 7.08. The van der Waals surface area contributed by atoms with Gasteiger partial charge < -0.3 is 5.32 Å². The van der Waals surface area contributed by atoms with Gasteiger partial charge in [0.2, 0.25) is 15.9 Å². The Balaban J connectivity index is 1.97. The van der Waals surface area contributed by atoms with E-state index < -0.39 is 10.0 Å². The maximum absolute atomic E-state index is 12.5. The molecule has 0 aliphatic rings. The van der Waals surface area contributed by atoms with Gasteiger partial charge in [-0.25, -0.2) is 8.42 Å². The summed E-state index contributed by atoms with van der Waals surface area (Å²) >= 11 is 1.47. The number of benzene rings is 2. The Morgan fingerprint density at radius 3 is 2.26 bits per heavy atom. The third-order valence-electron chi connectivity index (χ3n) is 4.39. The largest absolute Gasteiger partial charge is 0.325 e. The van der Waals surface area contributed by atoms with Crippen LogP contribution in [0.3, 0.4) is 0 Å². The molecule has 7 heteroatoms. The summed E-state index contributed by atoms with van der Waals surface area (Å²) in [5, 5.41) is 2.80. The van der Waals surface area contributed by atoms with E-state index in [2.05, 4.69) is 18.3 Å². The lowest BCUT2D eigenvalue weighted by Gasteiger charge is -2.21. The number of anilines is 1. The zero-order chi connectivity index (χ0) is 20.2. The normalized spacial score (nSPS) is 11.8. The first-order valence-corrected chi connectivity index (χ1v) is 11.1. The fourth-order valence-electron chi connectivity index (χ4n) is 2.30. The Labute approximate surface area is 166 Å². The van der Waals surface area contributed by atoms with Gasteiger partial charge in [-0.1, -0.05) is 6.07 Å². The van der Waals surface area contributed by atoms with Crippen molar-refractivity contribution in [1.82, 2.24) is 4.31 Å². The van der Waals surface area contributed by atoms with Crippen LogP contribution in [0.1, 0.15) is 25.0 Å². The molecule has 27 heavy (non-hydrogen) atoms. The average molecular weight is 407 g/mol. The van der Waals surface area contributed by atoms with Crippen LogP contribution in [0.2, 0.25) is 0 Å². The monoisotopic (exact) mass is 406 g/mol. The summed E-state index contributed by atoms with van der Waals surface area (Å²) in [4.78, 5) is 13.4. The quantitative estimate of drug-likeness (QED) is 0.704. The second-order valence-corrected chi connectivity index (χ2v) is 9.77. The van der Waals surface area contributed by atoms with Gasteiger partial charge >= 0.3 is 0 Å². The van der Waals surface area contributed by atoms with Gasteiger partial charge in [0.15, 0.2) is 0 Å². The van der Waals surface area contributed by atoms with Gasteiger partial charge in [0.1, 0.15) is 0 Å². The standard InChI is InChI=1S/C20H26N2O3S2/c1-14(2)22(5)27(24,25)19-10-7-17(8-11-19)21-20(23)13-26-18-9-6-15(3)16(4)12-18/h6-12,14H,13H2,1-5H3,(H,21,23). The summed E-state index contributed by atoms with van der Waals surface area (Å²) in [5.74, 6) is 0.159. The number of nitrogens with one attached hydrogen (secondary N) is 1. The number of hydrogen-bond donors (Lipinski definition) is 1. The fourth-order valence-corrected chi connectivity index (χ4v) is 4.47. The zero-order valence-corrected chi connectivity index (χ0v) is 17.9. The summed E-state index contributed by atoms with van der Waals surface area (Å²) < 4.78 is 26.2. The highest BCUT2D eigenvalue weighted by Gasteiger charge is 2.22. The van der Waals surface area contributed by atoms with E-state index in [0.717, 1.165) is 4.90 Å². The number of sulfonamides is 1. The molecular weight excluding hydrogens is 380 g/mol. The number of carbonyl (C=O) groups excluding carboxylic acids is 1. The molecule has 0 aromatic heterocycles. The molecule has 0 radical (unpaired) electrons. The van der Waals surface area contributed by atoms with Gasteiger partial charge in [-0.3, -0.25) is 4.79 Å². The predicted octanol–water partition coefficient (Wildman–Crippen LogP) is 4.06. The molecule has 0 aliphatic heterocycles. The minimum atomic E-state index is -3.52. The molecule has 1 amide bonds. The van der Waals surface area contributed by atoms with E-state index in [-0.39, 0.29) is 16.8 Å². The van der Waals surface area contributed by atoms with Crippen molar-refractivity contribution in [2.75, 3.05) is 18.1 Å². The Hall–Kier alpha value is -1.83. The number of amides is 1.